The molecule has 0 aromatic rings. The highest BCUT2D eigenvalue weighted by molar-refractivity contribution is 8.28. The summed E-state index contributed by atoms with van der Waals surface area (Å²) in [5.74, 6) is 3.22. The Labute approximate surface area is 103 Å². The van der Waals surface area contributed by atoms with Crippen molar-refractivity contribution in [3.8, 4) is 0 Å². The van der Waals surface area contributed by atoms with Crippen LogP contribution in [0.3, 0.4) is 0 Å². The van der Waals surface area contributed by atoms with E-state index in [0.29, 0.717) is 0 Å². The molecule has 1 rings (SSSR count). The summed E-state index contributed by atoms with van der Waals surface area (Å²) < 4.78 is 1.48. The first-order chi connectivity index (χ1) is 6.72. The molecule has 5 heteroatoms. The van der Waals surface area contributed by atoms with Crippen LogP contribution in [0, 0.1) is 0 Å². The van der Waals surface area contributed by atoms with Crippen molar-refractivity contribution in [2.24, 2.45) is 0 Å². The van der Waals surface area contributed by atoms with Gasteiger partial charge in [0, 0.05) is 21.8 Å². The van der Waals surface area contributed by atoms with E-state index in [9.17, 15) is 4.79 Å². The topological polar surface area (TPSA) is 17.1 Å². The first kappa shape index (κ1) is 12.9. The molecule has 0 aliphatic carbocycles. The highest BCUT2D eigenvalue weighted by atomic mass is 32.2. The molecule has 0 amide bonds. The standard InChI is InChI=1S/C9H14OS4/c1-3-8(10)11-4-5-12-9-6-13-7(2)14-9/h3,7,9H,1,4-6H2,2H3. The van der Waals surface area contributed by atoms with E-state index in [1.54, 1.807) is 0 Å². The molecule has 1 aliphatic rings. The predicted molar refractivity (Wildman–Crippen MR) is 73.4 cm³/mol. The van der Waals surface area contributed by atoms with Gasteiger partial charge in [0.15, 0.2) is 0 Å². The molecule has 1 heterocycles. The van der Waals surface area contributed by atoms with Crippen molar-refractivity contribution in [3.63, 3.8) is 0 Å². The molecule has 80 valence electrons. The molecule has 1 aliphatic heterocycles. The summed E-state index contributed by atoms with van der Waals surface area (Å²) >= 11 is 7.41. The van der Waals surface area contributed by atoms with E-state index in [2.05, 4.69) is 13.5 Å². The minimum atomic E-state index is 0.0902. The van der Waals surface area contributed by atoms with Gasteiger partial charge in [-0.05, 0) is 13.0 Å². The average Bonchev–Trinajstić information content (AvgIpc) is 2.58. The lowest BCUT2D eigenvalue weighted by Crippen LogP contribution is -1.98. The summed E-state index contributed by atoms with van der Waals surface area (Å²) in [5.41, 5.74) is 0. The second-order valence-corrected chi connectivity index (χ2v) is 8.64. The molecule has 0 spiro atoms. The lowest BCUT2D eigenvalue weighted by atomic mass is 10.7. The van der Waals surface area contributed by atoms with Crippen LogP contribution in [-0.4, -0.2) is 31.5 Å². The van der Waals surface area contributed by atoms with Crippen molar-refractivity contribution in [2.75, 3.05) is 17.3 Å². The van der Waals surface area contributed by atoms with E-state index >= 15 is 0 Å². The molecule has 0 saturated carbocycles. The first-order valence-corrected chi connectivity index (χ1v) is 8.43. The van der Waals surface area contributed by atoms with Gasteiger partial charge >= 0.3 is 0 Å². The summed E-state index contributed by atoms with van der Waals surface area (Å²) in [6.07, 6.45) is 1.39. The molecular formula is C9H14OS4. The minimum Gasteiger partial charge on any atom is -0.282 e. The van der Waals surface area contributed by atoms with Gasteiger partial charge in [0.25, 0.3) is 0 Å². The van der Waals surface area contributed by atoms with E-state index in [-0.39, 0.29) is 5.12 Å². The Bertz CT molecular complexity index is 207. The third kappa shape index (κ3) is 5.05. The Morgan fingerprint density at radius 1 is 1.64 bits per heavy atom. The maximum Gasteiger partial charge on any atom is 0.211 e. The number of carbonyl (C=O) groups is 1. The third-order valence-electron chi connectivity index (χ3n) is 1.61. The molecule has 14 heavy (non-hydrogen) atoms. The van der Waals surface area contributed by atoms with Crippen molar-refractivity contribution < 1.29 is 4.79 Å². The second kappa shape index (κ2) is 7.14. The normalized spacial score (nSPS) is 26.4. The van der Waals surface area contributed by atoms with Gasteiger partial charge in [-0.1, -0.05) is 18.3 Å². The van der Waals surface area contributed by atoms with Crippen LogP contribution in [0.15, 0.2) is 12.7 Å². The lowest BCUT2D eigenvalue weighted by molar-refractivity contribution is -0.107. The fraction of sp³-hybridized carbons (Fsp3) is 0.667. The Morgan fingerprint density at radius 2 is 2.43 bits per heavy atom. The van der Waals surface area contributed by atoms with Gasteiger partial charge in [-0.2, -0.15) is 0 Å². The molecule has 0 aromatic heterocycles. The highest BCUT2D eigenvalue weighted by Gasteiger charge is 2.22. The molecule has 1 saturated heterocycles. The number of hydrogen-bond acceptors (Lipinski definition) is 5. The zero-order valence-corrected chi connectivity index (χ0v) is 11.4. The maximum absolute atomic E-state index is 10.9. The van der Waals surface area contributed by atoms with Crippen LogP contribution in [0.2, 0.25) is 0 Å². The number of thioether (sulfide) groups is 4. The number of carbonyl (C=O) groups excluding carboxylic acids is 1. The number of rotatable bonds is 5. The quantitative estimate of drug-likeness (QED) is 0.559. The average molecular weight is 266 g/mol. The third-order valence-corrected chi connectivity index (χ3v) is 7.46. The summed E-state index contributed by atoms with van der Waals surface area (Å²) in [6.45, 7) is 5.70. The summed E-state index contributed by atoms with van der Waals surface area (Å²) in [6, 6.07) is 0. The molecule has 1 fully saturated rings. The number of hydrogen-bond donors (Lipinski definition) is 0. The second-order valence-electron chi connectivity index (χ2n) is 2.71. The highest BCUT2D eigenvalue weighted by Crippen LogP contribution is 2.42. The van der Waals surface area contributed by atoms with Gasteiger partial charge in [0.2, 0.25) is 5.12 Å². The van der Waals surface area contributed by atoms with Crippen molar-refractivity contribution >= 4 is 52.2 Å². The van der Waals surface area contributed by atoms with E-state index in [0.717, 1.165) is 20.7 Å². The van der Waals surface area contributed by atoms with Crippen LogP contribution in [-0.2, 0) is 4.79 Å². The van der Waals surface area contributed by atoms with Crippen LogP contribution < -0.4 is 0 Å². The summed E-state index contributed by atoms with van der Waals surface area (Å²) in [7, 11) is 0. The zero-order chi connectivity index (χ0) is 10.4. The zero-order valence-electron chi connectivity index (χ0n) is 8.10. The van der Waals surface area contributed by atoms with E-state index < -0.39 is 0 Å². The molecule has 2 atom stereocenters. The Kier molecular flexibility index (Phi) is 6.57. The van der Waals surface area contributed by atoms with Crippen molar-refractivity contribution in [1.82, 2.24) is 0 Å². The Hall–Kier alpha value is 0.810. The smallest absolute Gasteiger partial charge is 0.211 e. The molecule has 2 unspecified atom stereocenters. The molecular weight excluding hydrogens is 252 g/mol. The van der Waals surface area contributed by atoms with Crippen LogP contribution in [0.4, 0.5) is 0 Å². The summed E-state index contributed by atoms with van der Waals surface area (Å²) in [5, 5.41) is 0.0902. The van der Waals surface area contributed by atoms with Crippen molar-refractivity contribution in [2.45, 2.75) is 16.1 Å². The lowest BCUT2D eigenvalue weighted by Gasteiger charge is -2.06. The van der Waals surface area contributed by atoms with Gasteiger partial charge in [-0.3, -0.25) is 4.79 Å². The van der Waals surface area contributed by atoms with E-state index in [1.165, 1.54) is 23.6 Å². The fourth-order valence-corrected chi connectivity index (χ4v) is 6.57. The van der Waals surface area contributed by atoms with Crippen LogP contribution in [0.25, 0.3) is 0 Å². The molecule has 0 N–H and O–H groups in total. The Balaban J connectivity index is 1.99. The Morgan fingerprint density at radius 3 is 3.00 bits per heavy atom. The van der Waals surface area contributed by atoms with Crippen LogP contribution in [0.5, 0.6) is 0 Å². The first-order valence-electron chi connectivity index (χ1n) is 4.40. The van der Waals surface area contributed by atoms with Gasteiger partial charge in [0.05, 0.1) is 4.58 Å². The van der Waals surface area contributed by atoms with Crippen molar-refractivity contribution in [3.05, 3.63) is 12.7 Å². The van der Waals surface area contributed by atoms with Gasteiger partial charge in [-0.25, -0.2) is 0 Å². The van der Waals surface area contributed by atoms with Gasteiger partial charge < -0.3 is 0 Å². The van der Waals surface area contributed by atoms with Gasteiger partial charge in [0.1, 0.15) is 0 Å². The minimum absolute atomic E-state index is 0.0902. The fourth-order valence-electron chi connectivity index (χ4n) is 0.975. The molecule has 1 nitrogen and oxygen atoms in total. The van der Waals surface area contributed by atoms with Crippen molar-refractivity contribution in [1.29, 1.82) is 0 Å². The summed E-state index contributed by atoms with van der Waals surface area (Å²) in [4.78, 5) is 10.9. The molecule has 0 radical (unpaired) electrons. The molecule has 0 bridgehead atoms. The monoisotopic (exact) mass is 266 g/mol. The van der Waals surface area contributed by atoms with Crippen LogP contribution >= 0.6 is 47.0 Å². The van der Waals surface area contributed by atoms with E-state index in [4.69, 9.17) is 0 Å². The van der Waals surface area contributed by atoms with Gasteiger partial charge in [-0.15, -0.1) is 35.3 Å². The largest absolute Gasteiger partial charge is 0.282 e. The molecule has 0 aromatic carbocycles. The predicted octanol–water partition coefficient (Wildman–Crippen LogP) is 3.32. The van der Waals surface area contributed by atoms with E-state index in [1.807, 2.05) is 35.3 Å². The SMILES string of the molecule is C=CC(=O)SCCSC1CSC(C)S1. The van der Waals surface area contributed by atoms with Crippen LogP contribution in [0.1, 0.15) is 6.92 Å². The maximum atomic E-state index is 10.9.